The van der Waals surface area contributed by atoms with Gasteiger partial charge in [-0.3, -0.25) is 9.78 Å². The van der Waals surface area contributed by atoms with Crippen molar-refractivity contribution < 1.29 is 9.53 Å². The number of anilines is 1. The molecule has 8 nitrogen and oxygen atoms in total. The Bertz CT molecular complexity index is 1250. The van der Waals surface area contributed by atoms with E-state index in [9.17, 15) is 4.79 Å². The maximum atomic E-state index is 12.1. The Balaban J connectivity index is 1.31. The molecule has 8 heteroatoms. The van der Waals surface area contributed by atoms with Crippen LogP contribution in [0.5, 0.6) is 11.5 Å². The smallest absolute Gasteiger partial charge is 0.298 e. The molecule has 0 radical (unpaired) electrons. The van der Waals surface area contributed by atoms with Crippen LogP contribution in [0.4, 0.5) is 5.82 Å². The molecule has 1 amide bonds. The fraction of sp³-hybridized carbons (Fsp3) is 0.346. The number of benzene rings is 1. The van der Waals surface area contributed by atoms with E-state index < -0.39 is 0 Å². The number of amides is 1. The van der Waals surface area contributed by atoms with Crippen LogP contribution in [0.1, 0.15) is 37.8 Å². The van der Waals surface area contributed by atoms with Gasteiger partial charge in [-0.2, -0.15) is 5.10 Å². The summed E-state index contributed by atoms with van der Waals surface area (Å²) < 4.78 is 7.74. The normalized spacial score (nSPS) is 21.1. The molecule has 1 aromatic carbocycles. The lowest BCUT2D eigenvalue weighted by Gasteiger charge is -2.45. The number of hydrogen-bond acceptors (Lipinski definition) is 6. The van der Waals surface area contributed by atoms with Gasteiger partial charge in [-0.1, -0.05) is 24.1 Å². The number of nitrogens with two attached hydrogens (primary N) is 2. The standard InChI is InChI=1S/C26H28N6O2/c1-2-6-23(33)31-12-11-26(17-31)13-18(14-26)32-25(28)21(15-27)24(30-32)22-10-9-20(16-29-22)34-19-7-4-3-5-8-19/h3-5,7-10,16,18H,11-15,17,27-28H2,1H3. The van der Waals surface area contributed by atoms with E-state index in [1.54, 1.807) is 13.1 Å². The third-order valence-electron chi connectivity index (χ3n) is 6.85. The van der Waals surface area contributed by atoms with Gasteiger partial charge < -0.3 is 21.1 Å². The Kier molecular flexibility index (Phi) is 5.72. The van der Waals surface area contributed by atoms with E-state index in [-0.39, 0.29) is 23.9 Å². The maximum absolute atomic E-state index is 12.1. The number of nitrogen functional groups attached to an aromatic ring is 1. The lowest BCUT2D eigenvalue weighted by atomic mass is 9.65. The zero-order chi connectivity index (χ0) is 23.7. The van der Waals surface area contributed by atoms with Gasteiger partial charge in [-0.05, 0) is 61.8 Å². The summed E-state index contributed by atoms with van der Waals surface area (Å²) >= 11 is 0. The number of nitrogens with zero attached hydrogens (tertiary/aromatic N) is 4. The second kappa shape index (κ2) is 8.84. The molecule has 5 rings (SSSR count). The summed E-state index contributed by atoms with van der Waals surface area (Å²) in [4.78, 5) is 18.6. The van der Waals surface area contributed by atoms with Gasteiger partial charge in [0.05, 0.1) is 17.9 Å². The van der Waals surface area contributed by atoms with Gasteiger partial charge in [-0.25, -0.2) is 4.68 Å². The average Bonchev–Trinajstić information content (AvgIpc) is 3.41. The molecule has 0 atom stereocenters. The van der Waals surface area contributed by atoms with Crippen LogP contribution in [-0.2, 0) is 11.3 Å². The molecule has 3 aromatic rings. The molecule has 1 spiro atoms. The molecule has 1 aliphatic heterocycles. The summed E-state index contributed by atoms with van der Waals surface area (Å²) in [7, 11) is 0. The number of aromatic nitrogens is 3. The summed E-state index contributed by atoms with van der Waals surface area (Å²) in [5.41, 5.74) is 14.9. The summed E-state index contributed by atoms with van der Waals surface area (Å²) in [5.74, 6) is 7.25. The van der Waals surface area contributed by atoms with E-state index in [1.165, 1.54) is 0 Å². The van der Waals surface area contributed by atoms with E-state index >= 15 is 0 Å². The monoisotopic (exact) mass is 456 g/mol. The molecule has 3 heterocycles. The summed E-state index contributed by atoms with van der Waals surface area (Å²) in [6, 6.07) is 13.5. The first-order valence-corrected chi connectivity index (χ1v) is 11.5. The van der Waals surface area contributed by atoms with Gasteiger partial charge >= 0.3 is 0 Å². The molecule has 2 aromatic heterocycles. The van der Waals surface area contributed by atoms with Crippen molar-refractivity contribution in [2.24, 2.45) is 11.1 Å². The number of carbonyl (C=O) groups is 1. The Hall–Kier alpha value is -3.83. The Labute approximate surface area is 198 Å². The largest absolute Gasteiger partial charge is 0.456 e. The van der Waals surface area contributed by atoms with Crippen molar-refractivity contribution in [1.82, 2.24) is 19.7 Å². The fourth-order valence-electron chi connectivity index (χ4n) is 5.11. The highest BCUT2D eigenvalue weighted by molar-refractivity contribution is 5.93. The van der Waals surface area contributed by atoms with Crippen LogP contribution in [0.25, 0.3) is 11.4 Å². The summed E-state index contributed by atoms with van der Waals surface area (Å²) in [5, 5.41) is 4.83. The molecule has 34 heavy (non-hydrogen) atoms. The van der Waals surface area contributed by atoms with E-state index in [0.29, 0.717) is 23.0 Å². The first-order valence-electron chi connectivity index (χ1n) is 11.5. The predicted octanol–water partition coefficient (Wildman–Crippen LogP) is 3.36. The maximum Gasteiger partial charge on any atom is 0.298 e. The van der Waals surface area contributed by atoms with E-state index in [0.717, 1.165) is 43.7 Å². The van der Waals surface area contributed by atoms with Crippen LogP contribution in [-0.4, -0.2) is 38.7 Å². The molecule has 174 valence electrons. The van der Waals surface area contributed by atoms with E-state index in [4.69, 9.17) is 21.3 Å². The van der Waals surface area contributed by atoms with Crippen LogP contribution in [0.2, 0.25) is 0 Å². The third kappa shape index (κ3) is 3.99. The molecule has 0 unspecified atom stereocenters. The summed E-state index contributed by atoms with van der Waals surface area (Å²) in [6.07, 6.45) is 4.54. The predicted molar refractivity (Wildman–Crippen MR) is 130 cm³/mol. The average molecular weight is 457 g/mol. The Morgan fingerprint density at radius 3 is 2.68 bits per heavy atom. The van der Waals surface area contributed by atoms with Gasteiger partial charge in [0.15, 0.2) is 0 Å². The number of para-hydroxylation sites is 1. The Morgan fingerprint density at radius 2 is 2.00 bits per heavy atom. The molecule has 2 fully saturated rings. The molecule has 1 aliphatic carbocycles. The Morgan fingerprint density at radius 1 is 1.21 bits per heavy atom. The van der Waals surface area contributed by atoms with Crippen molar-refractivity contribution in [3.8, 4) is 34.7 Å². The second-order valence-electron chi connectivity index (χ2n) is 9.07. The van der Waals surface area contributed by atoms with Crippen LogP contribution in [0, 0.1) is 17.3 Å². The number of carbonyl (C=O) groups excluding carboxylic acids is 1. The van der Waals surface area contributed by atoms with Gasteiger partial charge in [0.25, 0.3) is 5.91 Å². The molecule has 2 aliphatic rings. The number of ether oxygens (including phenoxy) is 1. The van der Waals surface area contributed by atoms with Crippen LogP contribution < -0.4 is 16.2 Å². The number of pyridine rings is 1. The fourth-order valence-corrected chi connectivity index (χ4v) is 5.11. The number of hydrogen-bond donors (Lipinski definition) is 2. The minimum Gasteiger partial charge on any atom is -0.456 e. The zero-order valence-electron chi connectivity index (χ0n) is 19.2. The van der Waals surface area contributed by atoms with Gasteiger partial charge in [-0.15, -0.1) is 0 Å². The van der Waals surface area contributed by atoms with Crippen molar-refractivity contribution in [2.75, 3.05) is 18.8 Å². The minimum absolute atomic E-state index is 0.0834. The topological polar surface area (TPSA) is 112 Å². The van der Waals surface area contributed by atoms with Gasteiger partial charge in [0.2, 0.25) is 0 Å². The second-order valence-corrected chi connectivity index (χ2v) is 9.07. The first kappa shape index (κ1) is 22.0. The van der Waals surface area contributed by atoms with Crippen molar-refractivity contribution in [3.05, 3.63) is 54.2 Å². The van der Waals surface area contributed by atoms with E-state index in [1.807, 2.05) is 52.0 Å². The number of rotatable bonds is 5. The lowest BCUT2D eigenvalue weighted by molar-refractivity contribution is -0.125. The molecule has 4 N–H and O–H groups in total. The summed E-state index contributed by atoms with van der Waals surface area (Å²) in [6.45, 7) is 3.48. The minimum atomic E-state index is -0.0834. The molecule has 1 saturated heterocycles. The van der Waals surface area contributed by atoms with Crippen molar-refractivity contribution >= 4 is 11.7 Å². The van der Waals surface area contributed by atoms with Gasteiger partial charge in [0, 0.05) is 25.2 Å². The zero-order valence-corrected chi connectivity index (χ0v) is 19.2. The molecular formula is C26H28N6O2. The highest BCUT2D eigenvalue weighted by Gasteiger charge is 2.50. The van der Waals surface area contributed by atoms with Crippen molar-refractivity contribution in [1.29, 1.82) is 0 Å². The molecule has 1 saturated carbocycles. The third-order valence-corrected chi connectivity index (χ3v) is 6.85. The van der Waals surface area contributed by atoms with Crippen LogP contribution >= 0.6 is 0 Å². The first-order chi connectivity index (χ1) is 16.5. The molecular weight excluding hydrogens is 428 g/mol. The van der Waals surface area contributed by atoms with Gasteiger partial charge in [0.1, 0.15) is 23.0 Å². The molecule has 0 bridgehead atoms. The van der Waals surface area contributed by atoms with Crippen LogP contribution in [0.15, 0.2) is 48.7 Å². The SMILES string of the molecule is CC#CC(=O)N1CCC2(CC(n3nc(-c4ccc(Oc5ccccc5)cn4)c(CN)c3N)C2)C1. The van der Waals surface area contributed by atoms with Crippen molar-refractivity contribution in [3.63, 3.8) is 0 Å². The van der Waals surface area contributed by atoms with E-state index in [2.05, 4.69) is 16.8 Å². The lowest BCUT2D eigenvalue weighted by Crippen LogP contribution is -2.42. The quantitative estimate of drug-likeness (QED) is 0.570. The highest BCUT2D eigenvalue weighted by Crippen LogP contribution is 2.54. The van der Waals surface area contributed by atoms with Crippen molar-refractivity contribution in [2.45, 2.75) is 38.8 Å². The van der Waals surface area contributed by atoms with Crippen LogP contribution in [0.3, 0.4) is 0 Å². The number of likely N-dealkylation sites (tertiary alicyclic amines) is 1. The highest BCUT2D eigenvalue weighted by atomic mass is 16.5.